The largest absolute Gasteiger partial charge is 0.493 e. The van der Waals surface area contributed by atoms with Gasteiger partial charge < -0.3 is 19.3 Å². The van der Waals surface area contributed by atoms with Crippen LogP contribution in [0.25, 0.3) is 0 Å². The zero-order chi connectivity index (χ0) is 25.3. The van der Waals surface area contributed by atoms with Crippen LogP contribution < -0.4 is 9.47 Å². The molecule has 0 saturated carbocycles. The van der Waals surface area contributed by atoms with E-state index >= 15 is 0 Å². The molecule has 0 aliphatic heterocycles. The van der Waals surface area contributed by atoms with Gasteiger partial charge in [0.2, 0.25) is 11.8 Å². The Bertz CT molecular complexity index is 921. The number of carbonyl (C=O) groups is 2. The van der Waals surface area contributed by atoms with Gasteiger partial charge in [-0.15, -0.1) is 11.3 Å². The first-order chi connectivity index (χ1) is 16.1. The standard InChI is InChI=1S/C27H40N2O4S/c1-8-20(2)29(25(30)17-27(3,4)5)19-26(31)28(18-22-10-9-15-34-22)14-13-21-11-12-23(32-6)24(16-21)33-7/h9-12,15-16,20H,8,13-14,17-19H2,1-7H3. The van der Waals surface area contributed by atoms with Crippen molar-refractivity contribution >= 4 is 23.2 Å². The van der Waals surface area contributed by atoms with Crippen molar-refractivity contribution in [2.75, 3.05) is 27.3 Å². The second-order valence-electron chi connectivity index (χ2n) is 9.85. The zero-order valence-electron chi connectivity index (χ0n) is 21.7. The van der Waals surface area contributed by atoms with E-state index in [1.807, 2.05) is 75.2 Å². The van der Waals surface area contributed by atoms with E-state index in [0.717, 1.165) is 16.9 Å². The van der Waals surface area contributed by atoms with E-state index < -0.39 is 0 Å². The van der Waals surface area contributed by atoms with E-state index in [2.05, 4.69) is 0 Å². The average molecular weight is 489 g/mol. The lowest BCUT2D eigenvalue weighted by Crippen LogP contribution is -2.47. The fraction of sp³-hybridized carbons (Fsp3) is 0.556. The third kappa shape index (κ3) is 8.35. The molecule has 0 spiro atoms. The molecule has 6 nitrogen and oxygen atoms in total. The monoisotopic (exact) mass is 488 g/mol. The second kappa shape index (κ2) is 12.8. The quantitative estimate of drug-likeness (QED) is 0.401. The van der Waals surface area contributed by atoms with Crippen LogP contribution in [0.15, 0.2) is 35.7 Å². The van der Waals surface area contributed by atoms with Gasteiger partial charge >= 0.3 is 0 Å². The SMILES string of the molecule is CCC(C)N(CC(=O)N(CCc1ccc(OC)c(OC)c1)Cc1cccs1)C(=O)CC(C)(C)C. The van der Waals surface area contributed by atoms with Crippen molar-refractivity contribution in [2.24, 2.45) is 5.41 Å². The smallest absolute Gasteiger partial charge is 0.242 e. The van der Waals surface area contributed by atoms with Crippen molar-refractivity contribution in [1.82, 2.24) is 9.80 Å². The Labute approximate surface area is 208 Å². The van der Waals surface area contributed by atoms with E-state index in [1.54, 1.807) is 30.5 Å². The molecule has 0 radical (unpaired) electrons. The van der Waals surface area contributed by atoms with Crippen LogP contribution in [0.5, 0.6) is 11.5 Å². The highest BCUT2D eigenvalue weighted by Gasteiger charge is 2.28. The molecule has 7 heteroatoms. The number of thiophene rings is 1. The maximum absolute atomic E-state index is 13.5. The molecule has 1 unspecified atom stereocenters. The van der Waals surface area contributed by atoms with Crippen molar-refractivity contribution in [1.29, 1.82) is 0 Å². The van der Waals surface area contributed by atoms with Gasteiger partial charge in [-0.05, 0) is 54.3 Å². The lowest BCUT2D eigenvalue weighted by molar-refractivity contribution is -0.143. The topological polar surface area (TPSA) is 59.1 Å². The van der Waals surface area contributed by atoms with Crippen LogP contribution in [0.3, 0.4) is 0 Å². The van der Waals surface area contributed by atoms with E-state index in [0.29, 0.717) is 37.4 Å². The van der Waals surface area contributed by atoms with E-state index in [-0.39, 0.29) is 29.8 Å². The van der Waals surface area contributed by atoms with Crippen LogP contribution >= 0.6 is 11.3 Å². The first kappa shape index (κ1) is 27.7. The first-order valence-electron chi connectivity index (χ1n) is 11.9. The summed E-state index contributed by atoms with van der Waals surface area (Å²) in [5.41, 5.74) is 0.930. The summed E-state index contributed by atoms with van der Waals surface area (Å²) in [5, 5.41) is 2.02. The number of hydrogen-bond acceptors (Lipinski definition) is 5. The predicted molar refractivity (Wildman–Crippen MR) is 139 cm³/mol. The maximum atomic E-state index is 13.5. The Morgan fingerprint density at radius 1 is 1.06 bits per heavy atom. The summed E-state index contributed by atoms with van der Waals surface area (Å²) in [6, 6.07) is 9.87. The van der Waals surface area contributed by atoms with Crippen LogP contribution in [-0.2, 0) is 22.6 Å². The fourth-order valence-corrected chi connectivity index (χ4v) is 4.41. The summed E-state index contributed by atoms with van der Waals surface area (Å²) in [4.78, 5) is 31.3. The van der Waals surface area contributed by atoms with Crippen molar-refractivity contribution < 1.29 is 19.1 Å². The van der Waals surface area contributed by atoms with Gasteiger partial charge in [0.05, 0.1) is 27.3 Å². The number of amides is 2. The third-order valence-corrected chi connectivity index (χ3v) is 6.69. The van der Waals surface area contributed by atoms with E-state index in [1.165, 1.54) is 0 Å². The molecule has 2 aromatic rings. The van der Waals surface area contributed by atoms with E-state index in [4.69, 9.17) is 9.47 Å². The number of nitrogens with zero attached hydrogens (tertiary/aromatic N) is 2. The van der Waals surface area contributed by atoms with Gasteiger partial charge in [-0.2, -0.15) is 0 Å². The van der Waals surface area contributed by atoms with Crippen molar-refractivity contribution in [3.63, 3.8) is 0 Å². The van der Waals surface area contributed by atoms with Crippen LogP contribution in [0.4, 0.5) is 0 Å². The molecule has 1 aromatic carbocycles. The molecule has 1 aromatic heterocycles. The first-order valence-corrected chi connectivity index (χ1v) is 12.8. The van der Waals surface area contributed by atoms with Crippen LogP contribution in [-0.4, -0.2) is 55.0 Å². The minimum Gasteiger partial charge on any atom is -0.493 e. The highest BCUT2D eigenvalue weighted by Crippen LogP contribution is 2.28. The zero-order valence-corrected chi connectivity index (χ0v) is 22.5. The highest BCUT2D eigenvalue weighted by atomic mass is 32.1. The molecule has 2 amide bonds. The fourth-order valence-electron chi connectivity index (χ4n) is 3.69. The molecule has 1 heterocycles. The van der Waals surface area contributed by atoms with Crippen LogP contribution in [0, 0.1) is 5.41 Å². The molecule has 34 heavy (non-hydrogen) atoms. The maximum Gasteiger partial charge on any atom is 0.242 e. The summed E-state index contributed by atoms with van der Waals surface area (Å²) in [6.45, 7) is 11.4. The Morgan fingerprint density at radius 3 is 2.32 bits per heavy atom. The molecule has 2 rings (SSSR count). The predicted octanol–water partition coefficient (Wildman–Crippen LogP) is 5.40. The summed E-state index contributed by atoms with van der Waals surface area (Å²) in [6.07, 6.45) is 1.90. The van der Waals surface area contributed by atoms with Gasteiger partial charge in [-0.25, -0.2) is 0 Å². The third-order valence-electron chi connectivity index (χ3n) is 5.83. The summed E-state index contributed by atoms with van der Waals surface area (Å²) in [7, 11) is 3.23. The average Bonchev–Trinajstić information content (AvgIpc) is 3.31. The van der Waals surface area contributed by atoms with Crippen molar-refractivity contribution in [2.45, 2.75) is 66.5 Å². The molecule has 0 bridgehead atoms. The Kier molecular flexibility index (Phi) is 10.4. The molecule has 0 aliphatic carbocycles. The van der Waals surface area contributed by atoms with Gasteiger partial charge in [-0.3, -0.25) is 9.59 Å². The minimum absolute atomic E-state index is 0.00763. The van der Waals surface area contributed by atoms with Gasteiger partial charge in [0.15, 0.2) is 11.5 Å². The van der Waals surface area contributed by atoms with Crippen LogP contribution in [0.1, 0.15) is 57.9 Å². The molecule has 1 atom stereocenters. The van der Waals surface area contributed by atoms with Crippen molar-refractivity contribution in [3.05, 3.63) is 46.2 Å². The lowest BCUT2D eigenvalue weighted by atomic mass is 9.91. The Morgan fingerprint density at radius 2 is 1.76 bits per heavy atom. The molecule has 0 saturated heterocycles. The number of methoxy groups -OCH3 is 2. The number of carbonyl (C=O) groups excluding carboxylic acids is 2. The molecular weight excluding hydrogens is 448 g/mol. The summed E-state index contributed by atoms with van der Waals surface area (Å²) < 4.78 is 10.8. The normalized spacial score (nSPS) is 12.2. The Hall–Kier alpha value is -2.54. The van der Waals surface area contributed by atoms with Crippen molar-refractivity contribution in [3.8, 4) is 11.5 Å². The molecular formula is C27H40N2O4S. The van der Waals surface area contributed by atoms with Gasteiger partial charge in [0.1, 0.15) is 0 Å². The van der Waals surface area contributed by atoms with Gasteiger partial charge in [-0.1, -0.05) is 39.8 Å². The number of ether oxygens (including phenoxy) is 2. The summed E-state index contributed by atoms with van der Waals surface area (Å²) in [5.74, 6) is 1.36. The lowest BCUT2D eigenvalue weighted by Gasteiger charge is -2.33. The van der Waals surface area contributed by atoms with Gasteiger partial charge in [0, 0.05) is 23.9 Å². The molecule has 0 aliphatic rings. The van der Waals surface area contributed by atoms with Gasteiger partial charge in [0.25, 0.3) is 0 Å². The summed E-state index contributed by atoms with van der Waals surface area (Å²) >= 11 is 1.63. The second-order valence-corrected chi connectivity index (χ2v) is 10.9. The number of hydrogen-bond donors (Lipinski definition) is 0. The molecule has 0 N–H and O–H groups in total. The number of benzene rings is 1. The molecule has 0 fully saturated rings. The van der Waals surface area contributed by atoms with Crippen LogP contribution in [0.2, 0.25) is 0 Å². The highest BCUT2D eigenvalue weighted by molar-refractivity contribution is 7.09. The Balaban J connectivity index is 2.19. The molecule has 188 valence electrons. The minimum atomic E-state index is -0.129. The van der Waals surface area contributed by atoms with E-state index in [9.17, 15) is 9.59 Å². The number of rotatable bonds is 12.